The van der Waals surface area contributed by atoms with E-state index in [0.29, 0.717) is 12.1 Å². The molecule has 1 aromatic heterocycles. The second kappa shape index (κ2) is 7.77. The van der Waals surface area contributed by atoms with Crippen molar-refractivity contribution in [2.45, 2.75) is 24.4 Å². The number of aromatic nitrogens is 2. The van der Waals surface area contributed by atoms with Crippen LogP contribution in [0, 0.1) is 12.7 Å². The summed E-state index contributed by atoms with van der Waals surface area (Å²) in [5.41, 5.74) is 3.24. The fourth-order valence-electron chi connectivity index (χ4n) is 3.30. The van der Waals surface area contributed by atoms with Gasteiger partial charge in [0.1, 0.15) is 5.82 Å². The molecule has 4 aromatic rings. The van der Waals surface area contributed by atoms with E-state index in [-0.39, 0.29) is 10.7 Å². The zero-order valence-electron chi connectivity index (χ0n) is 15.8. The highest BCUT2D eigenvalue weighted by molar-refractivity contribution is 7.89. The van der Waals surface area contributed by atoms with E-state index in [1.807, 2.05) is 41.8 Å². The summed E-state index contributed by atoms with van der Waals surface area (Å²) >= 11 is 0. The zero-order valence-corrected chi connectivity index (χ0v) is 16.6. The number of benzene rings is 3. The van der Waals surface area contributed by atoms with Crippen molar-refractivity contribution in [2.75, 3.05) is 0 Å². The van der Waals surface area contributed by atoms with Gasteiger partial charge in [0.05, 0.1) is 28.3 Å². The molecule has 0 aliphatic heterocycles. The molecule has 0 bridgehead atoms. The highest BCUT2D eigenvalue weighted by Gasteiger charge is 2.23. The van der Waals surface area contributed by atoms with Crippen LogP contribution in [0.3, 0.4) is 0 Å². The number of hydrogen-bond acceptors (Lipinski definition) is 3. The van der Waals surface area contributed by atoms with Gasteiger partial charge in [0.25, 0.3) is 0 Å². The van der Waals surface area contributed by atoms with Crippen LogP contribution in [0.15, 0.2) is 84.0 Å². The number of hydrogen-bond donors (Lipinski definition) is 1. The predicted octanol–water partition coefficient (Wildman–Crippen LogP) is 4.20. The van der Waals surface area contributed by atoms with Crippen LogP contribution in [0.4, 0.5) is 4.39 Å². The highest BCUT2D eigenvalue weighted by Crippen LogP contribution is 2.22. The van der Waals surface area contributed by atoms with Gasteiger partial charge in [-0.3, -0.25) is 0 Å². The second-order valence-electron chi connectivity index (χ2n) is 6.93. The van der Waals surface area contributed by atoms with Crippen molar-refractivity contribution in [3.8, 4) is 0 Å². The number of imidazole rings is 1. The lowest BCUT2D eigenvalue weighted by Crippen LogP contribution is -2.31. The maximum absolute atomic E-state index is 13.4. The van der Waals surface area contributed by atoms with Gasteiger partial charge in [-0.2, -0.15) is 0 Å². The van der Waals surface area contributed by atoms with Gasteiger partial charge in [0.15, 0.2) is 0 Å². The summed E-state index contributed by atoms with van der Waals surface area (Å²) in [6, 6.07) is 19.6. The first-order valence-electron chi connectivity index (χ1n) is 9.17. The summed E-state index contributed by atoms with van der Waals surface area (Å²) in [5, 5.41) is 0. The topological polar surface area (TPSA) is 64.0 Å². The van der Waals surface area contributed by atoms with Crippen LogP contribution < -0.4 is 4.72 Å². The first-order valence-corrected chi connectivity index (χ1v) is 10.6. The van der Waals surface area contributed by atoms with Gasteiger partial charge in [0, 0.05) is 6.54 Å². The molecule has 0 saturated carbocycles. The molecule has 1 N–H and O–H groups in total. The Labute approximate surface area is 168 Å². The van der Waals surface area contributed by atoms with Crippen molar-refractivity contribution in [3.63, 3.8) is 0 Å². The molecule has 0 amide bonds. The van der Waals surface area contributed by atoms with Gasteiger partial charge >= 0.3 is 0 Å². The Kier molecular flexibility index (Phi) is 5.17. The quantitative estimate of drug-likeness (QED) is 0.519. The van der Waals surface area contributed by atoms with E-state index in [2.05, 4.69) is 9.71 Å². The summed E-state index contributed by atoms with van der Waals surface area (Å²) in [6.07, 6.45) is 1.68. The molecular formula is C22H20FN3O2S. The number of halogens is 1. The number of nitrogens with one attached hydrogen (secondary N) is 1. The molecule has 4 rings (SSSR count). The third-order valence-electron chi connectivity index (χ3n) is 4.78. The molecule has 29 heavy (non-hydrogen) atoms. The van der Waals surface area contributed by atoms with Gasteiger partial charge in [0.2, 0.25) is 10.0 Å². The number of fused-ring (bicyclic) bond motifs is 1. The molecule has 0 spiro atoms. The molecule has 0 aliphatic rings. The number of aryl methyl sites for hydroxylation is 1. The number of nitrogens with zero attached hydrogens (tertiary/aromatic N) is 2. The smallest absolute Gasteiger partial charge is 0.241 e. The van der Waals surface area contributed by atoms with Crippen molar-refractivity contribution in [3.05, 3.63) is 96.1 Å². The largest absolute Gasteiger partial charge is 0.329 e. The van der Waals surface area contributed by atoms with Gasteiger partial charge in [-0.1, -0.05) is 36.4 Å². The summed E-state index contributed by atoms with van der Waals surface area (Å²) in [6.45, 7) is 2.16. The lowest BCUT2D eigenvalue weighted by Gasteiger charge is -2.20. The molecule has 0 aliphatic carbocycles. The lowest BCUT2D eigenvalue weighted by atomic mass is 10.1. The third-order valence-corrected chi connectivity index (χ3v) is 6.25. The Hall–Kier alpha value is -3.03. The van der Waals surface area contributed by atoms with Crippen LogP contribution in [0.5, 0.6) is 0 Å². The average Bonchev–Trinajstić information content (AvgIpc) is 3.11. The Morgan fingerprint density at radius 2 is 1.79 bits per heavy atom. The van der Waals surface area contributed by atoms with E-state index in [0.717, 1.165) is 16.6 Å². The third kappa shape index (κ3) is 4.21. The Morgan fingerprint density at radius 1 is 1.03 bits per heavy atom. The maximum Gasteiger partial charge on any atom is 0.241 e. The van der Waals surface area contributed by atoms with Crippen LogP contribution in [-0.4, -0.2) is 18.0 Å². The molecule has 1 atom stereocenters. The summed E-state index contributed by atoms with van der Waals surface area (Å²) in [4.78, 5) is 4.57. The first-order chi connectivity index (χ1) is 13.9. The minimum absolute atomic E-state index is 0.195. The Morgan fingerprint density at radius 3 is 2.55 bits per heavy atom. The van der Waals surface area contributed by atoms with Gasteiger partial charge < -0.3 is 4.57 Å². The minimum Gasteiger partial charge on any atom is -0.329 e. The second-order valence-corrected chi connectivity index (χ2v) is 8.64. The zero-order chi connectivity index (χ0) is 20.4. The van der Waals surface area contributed by atoms with Crippen molar-refractivity contribution in [1.82, 2.24) is 14.3 Å². The molecule has 1 unspecified atom stereocenters. The summed E-state index contributed by atoms with van der Waals surface area (Å²) in [7, 11) is -3.77. The normalized spacial score (nSPS) is 12.9. The van der Waals surface area contributed by atoms with E-state index in [1.165, 1.54) is 12.1 Å². The monoisotopic (exact) mass is 409 g/mol. The Bertz CT molecular complexity index is 1250. The van der Waals surface area contributed by atoms with E-state index < -0.39 is 16.1 Å². The highest BCUT2D eigenvalue weighted by atomic mass is 32.2. The van der Waals surface area contributed by atoms with Crippen LogP contribution in [0.2, 0.25) is 0 Å². The van der Waals surface area contributed by atoms with Crippen molar-refractivity contribution in [1.29, 1.82) is 0 Å². The Balaban J connectivity index is 1.71. The van der Waals surface area contributed by atoms with Gasteiger partial charge in [-0.15, -0.1) is 0 Å². The molecule has 0 fully saturated rings. The molecule has 148 valence electrons. The average molecular weight is 409 g/mol. The molecule has 5 nitrogen and oxygen atoms in total. The van der Waals surface area contributed by atoms with Crippen LogP contribution >= 0.6 is 0 Å². The summed E-state index contributed by atoms with van der Waals surface area (Å²) < 4.78 is 44.1. The standard InChI is InChI=1S/C22H20FN3O2S/c1-16-5-4-6-19(13-16)29(27,28)25-21(17-9-11-18(23)12-10-17)14-26-15-24-20-7-2-3-8-22(20)26/h2-13,15,21,25H,14H2,1H3. The fraction of sp³-hybridized carbons (Fsp3) is 0.136. The van der Waals surface area contributed by atoms with Crippen molar-refractivity contribution >= 4 is 21.1 Å². The van der Waals surface area contributed by atoms with Crippen LogP contribution in [-0.2, 0) is 16.6 Å². The maximum atomic E-state index is 13.4. The predicted molar refractivity (Wildman–Crippen MR) is 110 cm³/mol. The lowest BCUT2D eigenvalue weighted by molar-refractivity contribution is 0.515. The molecular weight excluding hydrogens is 389 g/mol. The number of para-hydroxylation sites is 2. The van der Waals surface area contributed by atoms with E-state index in [9.17, 15) is 12.8 Å². The SMILES string of the molecule is Cc1cccc(S(=O)(=O)NC(Cn2cnc3ccccc32)c2ccc(F)cc2)c1. The number of sulfonamides is 1. The van der Waals surface area contributed by atoms with Crippen molar-refractivity contribution in [2.24, 2.45) is 0 Å². The fourth-order valence-corrected chi connectivity index (χ4v) is 4.62. The molecule has 0 saturated heterocycles. The molecule has 1 heterocycles. The minimum atomic E-state index is -3.77. The summed E-state index contributed by atoms with van der Waals surface area (Å²) in [5.74, 6) is -0.373. The van der Waals surface area contributed by atoms with E-state index in [1.54, 1.807) is 36.7 Å². The number of rotatable bonds is 6. The van der Waals surface area contributed by atoms with Crippen LogP contribution in [0.1, 0.15) is 17.2 Å². The van der Waals surface area contributed by atoms with Crippen molar-refractivity contribution < 1.29 is 12.8 Å². The van der Waals surface area contributed by atoms with Crippen LogP contribution in [0.25, 0.3) is 11.0 Å². The molecule has 7 heteroatoms. The molecule has 3 aromatic carbocycles. The van der Waals surface area contributed by atoms with Gasteiger partial charge in [-0.25, -0.2) is 22.5 Å². The molecule has 0 radical (unpaired) electrons. The van der Waals surface area contributed by atoms with E-state index >= 15 is 0 Å². The van der Waals surface area contributed by atoms with Gasteiger partial charge in [-0.05, 0) is 54.4 Å². The first kappa shape index (κ1) is 19.3. The van der Waals surface area contributed by atoms with E-state index in [4.69, 9.17) is 0 Å².